The quantitative estimate of drug-likeness (QED) is 0.722. The van der Waals surface area contributed by atoms with Crippen LogP contribution >= 0.6 is 12.4 Å². The summed E-state index contributed by atoms with van der Waals surface area (Å²) < 4.78 is 4.94. The fraction of sp³-hybridized carbons (Fsp3) is 0.200. The lowest BCUT2D eigenvalue weighted by molar-refractivity contribution is -0.112. The van der Waals surface area contributed by atoms with Gasteiger partial charge in [-0.2, -0.15) is 0 Å². The Labute approximate surface area is 89.2 Å². The lowest BCUT2D eigenvalue weighted by atomic mass is 10.3. The zero-order valence-electron chi connectivity index (χ0n) is 8.06. The van der Waals surface area contributed by atoms with Crippen LogP contribution in [0, 0.1) is 0 Å². The van der Waals surface area contributed by atoms with Crippen LogP contribution in [0.5, 0.6) is 5.75 Å². The van der Waals surface area contributed by atoms with Gasteiger partial charge in [-0.05, 0) is 31.2 Å². The Bertz CT molecular complexity index is 319. The van der Waals surface area contributed by atoms with E-state index in [2.05, 4.69) is 4.98 Å². The van der Waals surface area contributed by atoms with Crippen LogP contribution in [0.3, 0.4) is 0 Å². The highest BCUT2D eigenvalue weighted by Crippen LogP contribution is 2.08. The minimum absolute atomic E-state index is 0. The Hall–Kier alpha value is -1.35. The van der Waals surface area contributed by atoms with Crippen molar-refractivity contribution in [1.29, 1.82) is 0 Å². The molecule has 0 aliphatic heterocycles. The van der Waals surface area contributed by atoms with Crippen LogP contribution in [-0.2, 0) is 4.79 Å². The molecule has 0 radical (unpaired) electrons. The second kappa shape index (κ2) is 6.16. The van der Waals surface area contributed by atoms with Gasteiger partial charge in [0.25, 0.3) is 0 Å². The standard InChI is InChI=1S/C10H11NO2.ClH/c1-8(12)3-4-9-5-6-10(13-2)7-11-9;/h3-7H,1-2H3;1H/b4-3+;. The largest absolute Gasteiger partial charge is 0.495 e. The van der Waals surface area contributed by atoms with Gasteiger partial charge >= 0.3 is 0 Å². The van der Waals surface area contributed by atoms with Gasteiger partial charge in [0.1, 0.15) is 5.75 Å². The van der Waals surface area contributed by atoms with E-state index in [1.165, 1.54) is 13.0 Å². The van der Waals surface area contributed by atoms with Crippen molar-refractivity contribution in [2.45, 2.75) is 6.92 Å². The van der Waals surface area contributed by atoms with Crippen LogP contribution in [0.25, 0.3) is 6.08 Å². The van der Waals surface area contributed by atoms with Gasteiger partial charge in [0, 0.05) is 0 Å². The van der Waals surface area contributed by atoms with Crippen LogP contribution in [0.2, 0.25) is 0 Å². The summed E-state index contributed by atoms with van der Waals surface area (Å²) in [4.78, 5) is 14.7. The minimum atomic E-state index is 0. The predicted octanol–water partition coefficient (Wildman–Crippen LogP) is 2.11. The molecule has 1 rings (SSSR count). The van der Waals surface area contributed by atoms with Gasteiger partial charge in [0.05, 0.1) is 19.0 Å². The highest BCUT2D eigenvalue weighted by atomic mass is 35.5. The van der Waals surface area contributed by atoms with Crippen LogP contribution in [-0.4, -0.2) is 17.9 Å². The Balaban J connectivity index is 0.00000169. The van der Waals surface area contributed by atoms with Crippen molar-refractivity contribution in [2.24, 2.45) is 0 Å². The maximum absolute atomic E-state index is 10.6. The molecule has 0 N–H and O–H groups in total. The summed E-state index contributed by atoms with van der Waals surface area (Å²) in [5.74, 6) is 0.720. The summed E-state index contributed by atoms with van der Waals surface area (Å²) in [6.07, 6.45) is 4.76. The highest BCUT2D eigenvalue weighted by molar-refractivity contribution is 5.91. The number of aromatic nitrogens is 1. The second-order valence-corrected chi connectivity index (χ2v) is 2.57. The number of carbonyl (C=O) groups is 1. The molecule has 1 aromatic rings. The number of halogens is 1. The Kier molecular flexibility index (Phi) is 5.56. The zero-order valence-corrected chi connectivity index (χ0v) is 8.88. The first-order valence-corrected chi connectivity index (χ1v) is 3.91. The van der Waals surface area contributed by atoms with Crippen molar-refractivity contribution in [3.05, 3.63) is 30.1 Å². The van der Waals surface area contributed by atoms with Gasteiger partial charge in [0.2, 0.25) is 0 Å². The van der Waals surface area contributed by atoms with Gasteiger partial charge in [-0.3, -0.25) is 9.78 Å². The van der Waals surface area contributed by atoms with Gasteiger partial charge in [-0.15, -0.1) is 12.4 Å². The molecule has 14 heavy (non-hydrogen) atoms. The smallest absolute Gasteiger partial charge is 0.152 e. The Morgan fingerprint density at radius 2 is 2.21 bits per heavy atom. The summed E-state index contributed by atoms with van der Waals surface area (Å²) >= 11 is 0. The number of rotatable bonds is 3. The van der Waals surface area contributed by atoms with E-state index in [9.17, 15) is 4.79 Å². The third-order valence-corrected chi connectivity index (χ3v) is 1.48. The number of ketones is 1. The summed E-state index contributed by atoms with van der Waals surface area (Å²) in [6, 6.07) is 3.59. The average Bonchev–Trinajstić information content (AvgIpc) is 2.15. The predicted molar refractivity (Wildman–Crippen MR) is 57.8 cm³/mol. The number of methoxy groups -OCH3 is 1. The van der Waals surface area contributed by atoms with E-state index in [1.54, 1.807) is 31.5 Å². The topological polar surface area (TPSA) is 39.2 Å². The molecule has 0 saturated heterocycles. The van der Waals surface area contributed by atoms with Gasteiger partial charge in [-0.25, -0.2) is 0 Å². The van der Waals surface area contributed by atoms with Crippen LogP contribution in [0.1, 0.15) is 12.6 Å². The Morgan fingerprint density at radius 1 is 1.50 bits per heavy atom. The SMILES string of the molecule is COc1ccc(/C=C/C(C)=O)nc1.Cl. The minimum Gasteiger partial charge on any atom is -0.495 e. The summed E-state index contributed by atoms with van der Waals surface area (Å²) in [5, 5.41) is 0. The molecule has 0 aliphatic rings. The molecular weight excluding hydrogens is 202 g/mol. The van der Waals surface area contributed by atoms with Gasteiger partial charge in [-0.1, -0.05) is 0 Å². The molecule has 0 atom stereocenters. The van der Waals surface area contributed by atoms with Gasteiger partial charge in [0.15, 0.2) is 5.78 Å². The molecule has 0 bridgehead atoms. The summed E-state index contributed by atoms with van der Waals surface area (Å²) in [7, 11) is 1.59. The van der Waals surface area contributed by atoms with E-state index in [1.807, 2.05) is 0 Å². The van der Waals surface area contributed by atoms with E-state index in [-0.39, 0.29) is 18.2 Å². The van der Waals surface area contributed by atoms with Crippen molar-refractivity contribution in [3.8, 4) is 5.75 Å². The van der Waals surface area contributed by atoms with Crippen molar-refractivity contribution in [3.63, 3.8) is 0 Å². The maximum atomic E-state index is 10.6. The molecule has 0 unspecified atom stereocenters. The van der Waals surface area contributed by atoms with E-state index >= 15 is 0 Å². The van der Waals surface area contributed by atoms with E-state index in [0.29, 0.717) is 5.75 Å². The third kappa shape index (κ3) is 4.05. The molecule has 3 nitrogen and oxygen atoms in total. The number of ether oxygens (including phenoxy) is 1. The number of pyridine rings is 1. The number of hydrogen-bond acceptors (Lipinski definition) is 3. The van der Waals surface area contributed by atoms with E-state index in [0.717, 1.165) is 5.69 Å². The molecule has 0 saturated carbocycles. The first-order valence-electron chi connectivity index (χ1n) is 3.91. The van der Waals surface area contributed by atoms with E-state index < -0.39 is 0 Å². The molecule has 0 spiro atoms. The molecule has 1 aromatic heterocycles. The zero-order chi connectivity index (χ0) is 9.68. The summed E-state index contributed by atoms with van der Waals surface area (Å²) in [6.45, 7) is 1.50. The second-order valence-electron chi connectivity index (χ2n) is 2.57. The molecule has 1 heterocycles. The molecular formula is C10H12ClNO2. The average molecular weight is 214 g/mol. The molecule has 4 heteroatoms. The third-order valence-electron chi connectivity index (χ3n) is 1.48. The fourth-order valence-electron chi connectivity index (χ4n) is 0.814. The van der Waals surface area contributed by atoms with Crippen LogP contribution < -0.4 is 4.74 Å². The van der Waals surface area contributed by atoms with Gasteiger partial charge < -0.3 is 4.74 Å². The first-order chi connectivity index (χ1) is 6.22. The number of nitrogens with zero attached hydrogens (tertiary/aromatic N) is 1. The fourth-order valence-corrected chi connectivity index (χ4v) is 0.814. The monoisotopic (exact) mass is 213 g/mol. The van der Waals surface area contributed by atoms with Crippen molar-refractivity contribution in [2.75, 3.05) is 7.11 Å². The first kappa shape index (κ1) is 12.7. The molecule has 0 aromatic carbocycles. The van der Waals surface area contributed by atoms with Crippen molar-refractivity contribution < 1.29 is 9.53 Å². The molecule has 0 fully saturated rings. The number of hydrogen-bond donors (Lipinski definition) is 0. The normalized spacial score (nSPS) is 9.57. The molecule has 0 aliphatic carbocycles. The van der Waals surface area contributed by atoms with Crippen molar-refractivity contribution >= 4 is 24.3 Å². The van der Waals surface area contributed by atoms with Crippen LogP contribution in [0.15, 0.2) is 24.4 Å². The highest BCUT2D eigenvalue weighted by Gasteiger charge is 1.91. The lowest BCUT2D eigenvalue weighted by Gasteiger charge is -1.97. The summed E-state index contributed by atoms with van der Waals surface area (Å²) in [5.41, 5.74) is 0.746. The van der Waals surface area contributed by atoms with Crippen molar-refractivity contribution in [1.82, 2.24) is 4.98 Å². The number of allylic oxidation sites excluding steroid dienone is 1. The maximum Gasteiger partial charge on any atom is 0.152 e. The number of carbonyl (C=O) groups excluding carboxylic acids is 1. The molecule has 0 amide bonds. The van der Waals surface area contributed by atoms with E-state index in [4.69, 9.17) is 4.74 Å². The van der Waals surface area contributed by atoms with Crippen LogP contribution in [0.4, 0.5) is 0 Å². The Morgan fingerprint density at radius 3 is 2.64 bits per heavy atom. The lowest BCUT2D eigenvalue weighted by Crippen LogP contribution is -1.86. The molecule has 76 valence electrons.